The first-order valence-electron chi connectivity index (χ1n) is 6.30. The van der Waals surface area contributed by atoms with Crippen LogP contribution in [0.15, 0.2) is 0 Å². The predicted octanol–water partition coefficient (Wildman–Crippen LogP) is 1.71. The van der Waals surface area contributed by atoms with E-state index in [0.717, 1.165) is 26.0 Å². The van der Waals surface area contributed by atoms with Crippen molar-refractivity contribution in [1.82, 2.24) is 5.32 Å². The molecular formula is C12H23NO2. The van der Waals surface area contributed by atoms with Crippen LogP contribution in [0.25, 0.3) is 0 Å². The fourth-order valence-corrected chi connectivity index (χ4v) is 2.67. The van der Waals surface area contributed by atoms with Crippen molar-refractivity contribution in [1.29, 1.82) is 0 Å². The van der Waals surface area contributed by atoms with Crippen LogP contribution in [0, 0.1) is 0 Å². The third-order valence-electron chi connectivity index (χ3n) is 3.49. The van der Waals surface area contributed by atoms with E-state index in [4.69, 9.17) is 9.47 Å². The molecule has 3 nitrogen and oxygen atoms in total. The summed E-state index contributed by atoms with van der Waals surface area (Å²) in [4.78, 5) is 0. The van der Waals surface area contributed by atoms with Gasteiger partial charge in [-0.2, -0.15) is 0 Å². The molecular weight excluding hydrogens is 190 g/mol. The second-order valence-corrected chi connectivity index (χ2v) is 4.75. The molecule has 2 saturated heterocycles. The molecule has 2 aliphatic rings. The number of nitrogens with one attached hydrogen (secondary N) is 1. The van der Waals surface area contributed by atoms with E-state index >= 15 is 0 Å². The summed E-state index contributed by atoms with van der Waals surface area (Å²) in [6, 6.07) is 0.633. The fraction of sp³-hybridized carbons (Fsp3) is 1.00. The Morgan fingerprint density at radius 1 is 1.20 bits per heavy atom. The van der Waals surface area contributed by atoms with E-state index in [2.05, 4.69) is 19.2 Å². The number of rotatable bonds is 3. The molecule has 2 heterocycles. The van der Waals surface area contributed by atoms with Crippen molar-refractivity contribution in [3.63, 3.8) is 0 Å². The third-order valence-corrected chi connectivity index (χ3v) is 3.49. The molecule has 15 heavy (non-hydrogen) atoms. The van der Waals surface area contributed by atoms with Gasteiger partial charge in [0.05, 0.1) is 18.3 Å². The summed E-state index contributed by atoms with van der Waals surface area (Å²) in [6.07, 6.45) is 5.73. The maximum atomic E-state index is 5.87. The predicted molar refractivity (Wildman–Crippen MR) is 60.0 cm³/mol. The zero-order valence-corrected chi connectivity index (χ0v) is 9.87. The first-order chi connectivity index (χ1) is 7.29. The van der Waals surface area contributed by atoms with Gasteiger partial charge in [-0.1, -0.05) is 6.92 Å². The zero-order chi connectivity index (χ0) is 10.7. The van der Waals surface area contributed by atoms with Crippen LogP contribution in [0.5, 0.6) is 0 Å². The molecule has 0 saturated carbocycles. The van der Waals surface area contributed by atoms with Crippen molar-refractivity contribution in [2.45, 2.75) is 63.9 Å². The maximum absolute atomic E-state index is 5.87. The Hall–Kier alpha value is -0.120. The molecule has 0 amide bonds. The highest BCUT2D eigenvalue weighted by Gasteiger charge is 2.33. The van der Waals surface area contributed by atoms with E-state index in [1.54, 1.807) is 0 Å². The van der Waals surface area contributed by atoms with Crippen LogP contribution in [0.4, 0.5) is 0 Å². The van der Waals surface area contributed by atoms with Crippen molar-refractivity contribution in [2.75, 3.05) is 13.2 Å². The number of ether oxygens (including phenoxy) is 2. The Bertz CT molecular complexity index is 196. The summed E-state index contributed by atoms with van der Waals surface area (Å²) < 4.78 is 11.7. The number of hydrogen-bond acceptors (Lipinski definition) is 3. The van der Waals surface area contributed by atoms with Gasteiger partial charge >= 0.3 is 0 Å². The SMILES string of the molecule is CCNC1CCOC(C2CCC(C)O2)C1. The lowest BCUT2D eigenvalue weighted by Crippen LogP contribution is -2.43. The molecule has 0 radical (unpaired) electrons. The van der Waals surface area contributed by atoms with Crippen molar-refractivity contribution in [3.05, 3.63) is 0 Å². The highest BCUT2D eigenvalue weighted by atomic mass is 16.5. The molecule has 2 fully saturated rings. The van der Waals surface area contributed by atoms with Gasteiger partial charge in [0.1, 0.15) is 0 Å². The molecule has 4 unspecified atom stereocenters. The lowest BCUT2D eigenvalue weighted by molar-refractivity contribution is -0.0907. The van der Waals surface area contributed by atoms with Gasteiger partial charge in [-0.05, 0) is 39.2 Å². The molecule has 0 aromatic rings. The van der Waals surface area contributed by atoms with E-state index in [-0.39, 0.29) is 0 Å². The molecule has 88 valence electrons. The topological polar surface area (TPSA) is 30.5 Å². The quantitative estimate of drug-likeness (QED) is 0.774. The Kier molecular flexibility index (Phi) is 4.00. The first-order valence-corrected chi connectivity index (χ1v) is 6.30. The monoisotopic (exact) mass is 213 g/mol. The summed E-state index contributed by atoms with van der Waals surface area (Å²) in [5.74, 6) is 0. The van der Waals surface area contributed by atoms with Crippen LogP contribution < -0.4 is 5.32 Å². The fourth-order valence-electron chi connectivity index (χ4n) is 2.67. The van der Waals surface area contributed by atoms with E-state index in [9.17, 15) is 0 Å². The van der Waals surface area contributed by atoms with Gasteiger partial charge in [-0.25, -0.2) is 0 Å². The Balaban J connectivity index is 1.81. The van der Waals surface area contributed by atoms with Crippen LogP contribution in [-0.4, -0.2) is 37.5 Å². The van der Waals surface area contributed by atoms with Crippen LogP contribution in [0.2, 0.25) is 0 Å². The van der Waals surface area contributed by atoms with Gasteiger partial charge in [0.25, 0.3) is 0 Å². The van der Waals surface area contributed by atoms with Crippen molar-refractivity contribution >= 4 is 0 Å². The molecule has 3 heteroatoms. The van der Waals surface area contributed by atoms with E-state index in [1.165, 1.54) is 12.8 Å². The summed E-state index contributed by atoms with van der Waals surface area (Å²) in [5.41, 5.74) is 0. The molecule has 0 spiro atoms. The largest absolute Gasteiger partial charge is 0.375 e. The highest BCUT2D eigenvalue weighted by Crippen LogP contribution is 2.28. The minimum atomic E-state index is 0.327. The van der Waals surface area contributed by atoms with Gasteiger partial charge in [0.15, 0.2) is 0 Å². The summed E-state index contributed by atoms with van der Waals surface area (Å²) in [6.45, 7) is 6.26. The highest BCUT2D eigenvalue weighted by molar-refractivity contribution is 4.85. The summed E-state index contributed by atoms with van der Waals surface area (Å²) in [5, 5.41) is 3.51. The smallest absolute Gasteiger partial charge is 0.0851 e. The average molecular weight is 213 g/mol. The number of hydrogen-bond donors (Lipinski definition) is 1. The Morgan fingerprint density at radius 3 is 2.73 bits per heavy atom. The minimum Gasteiger partial charge on any atom is -0.375 e. The van der Waals surface area contributed by atoms with Crippen molar-refractivity contribution < 1.29 is 9.47 Å². The lowest BCUT2D eigenvalue weighted by Gasteiger charge is -2.33. The van der Waals surface area contributed by atoms with Crippen LogP contribution in [0.1, 0.15) is 39.5 Å². The molecule has 0 aromatic heterocycles. The van der Waals surface area contributed by atoms with E-state index in [1.807, 2.05) is 0 Å². The molecule has 0 aromatic carbocycles. The van der Waals surface area contributed by atoms with Gasteiger partial charge in [-0.3, -0.25) is 0 Å². The maximum Gasteiger partial charge on any atom is 0.0851 e. The summed E-state index contributed by atoms with van der Waals surface area (Å²) in [7, 11) is 0. The third kappa shape index (κ3) is 2.92. The minimum absolute atomic E-state index is 0.327. The van der Waals surface area contributed by atoms with Gasteiger partial charge in [0, 0.05) is 12.6 Å². The molecule has 0 aliphatic carbocycles. The second-order valence-electron chi connectivity index (χ2n) is 4.75. The van der Waals surface area contributed by atoms with E-state index in [0.29, 0.717) is 24.4 Å². The van der Waals surface area contributed by atoms with Crippen LogP contribution in [-0.2, 0) is 9.47 Å². The van der Waals surface area contributed by atoms with Crippen LogP contribution in [0.3, 0.4) is 0 Å². The zero-order valence-electron chi connectivity index (χ0n) is 9.87. The second kappa shape index (κ2) is 5.28. The van der Waals surface area contributed by atoms with Gasteiger partial charge < -0.3 is 14.8 Å². The average Bonchev–Trinajstić information content (AvgIpc) is 2.66. The molecule has 2 aliphatic heterocycles. The normalized spacial score (nSPS) is 42.0. The van der Waals surface area contributed by atoms with Gasteiger partial charge in [0.2, 0.25) is 0 Å². The Labute approximate surface area is 92.5 Å². The van der Waals surface area contributed by atoms with Crippen molar-refractivity contribution in [3.8, 4) is 0 Å². The molecule has 0 bridgehead atoms. The summed E-state index contributed by atoms with van der Waals surface area (Å²) >= 11 is 0. The molecule has 4 atom stereocenters. The van der Waals surface area contributed by atoms with Gasteiger partial charge in [-0.15, -0.1) is 0 Å². The standard InChI is InChI=1S/C12H23NO2/c1-3-13-10-6-7-14-12(8-10)11-5-4-9(2)15-11/h9-13H,3-8H2,1-2H3. The lowest BCUT2D eigenvalue weighted by atomic mass is 9.98. The van der Waals surface area contributed by atoms with Crippen LogP contribution >= 0.6 is 0 Å². The van der Waals surface area contributed by atoms with E-state index < -0.39 is 0 Å². The first kappa shape index (κ1) is 11.4. The molecule has 1 N–H and O–H groups in total. The molecule has 2 rings (SSSR count). The Morgan fingerprint density at radius 2 is 2.07 bits per heavy atom. The van der Waals surface area contributed by atoms with Crippen molar-refractivity contribution in [2.24, 2.45) is 0 Å².